The van der Waals surface area contributed by atoms with Crippen molar-refractivity contribution in [2.45, 2.75) is 38.5 Å². The number of ether oxygens (including phenoxy) is 3. The number of rotatable bonds is 14. The molecule has 17 heteroatoms. The normalized spacial score (nSPS) is 14.1. The van der Waals surface area contributed by atoms with Crippen molar-refractivity contribution in [3.63, 3.8) is 0 Å². The van der Waals surface area contributed by atoms with Gasteiger partial charge in [0.2, 0.25) is 0 Å². The van der Waals surface area contributed by atoms with Gasteiger partial charge in [-0.1, -0.05) is 100 Å². The van der Waals surface area contributed by atoms with Crippen molar-refractivity contribution in [2.75, 3.05) is 26.0 Å². The highest BCUT2D eigenvalue weighted by molar-refractivity contribution is 6.38. The number of carbonyl (C=O) groups is 8. The fourth-order valence-corrected chi connectivity index (χ4v) is 12.0. The van der Waals surface area contributed by atoms with Crippen molar-refractivity contribution in [1.82, 2.24) is 0 Å². The monoisotopic (exact) mass is 1240 g/mol. The van der Waals surface area contributed by atoms with Crippen molar-refractivity contribution in [3.05, 3.63) is 291 Å². The highest BCUT2D eigenvalue weighted by Gasteiger charge is 2.42. The molecule has 1 N–H and O–H groups in total. The third-order valence-corrected chi connectivity index (χ3v) is 17.1. The van der Waals surface area contributed by atoms with Gasteiger partial charge in [0.25, 0.3) is 47.3 Å². The first kappa shape index (κ1) is 59.2. The van der Waals surface area contributed by atoms with Gasteiger partial charge < -0.3 is 19.3 Å². The van der Waals surface area contributed by atoms with Crippen LogP contribution in [0, 0.1) is 0 Å². The molecule has 0 aromatic heterocycles. The van der Waals surface area contributed by atoms with Gasteiger partial charge in [-0.05, 0) is 174 Å². The molecular formula is C75H53ClN4O12. The molecule has 8 amide bonds. The second-order valence-corrected chi connectivity index (χ2v) is 23.2. The lowest BCUT2D eigenvalue weighted by molar-refractivity contribution is 0.0908. The number of anilines is 4. The van der Waals surface area contributed by atoms with Gasteiger partial charge in [0, 0.05) is 17.2 Å². The van der Waals surface area contributed by atoms with Crippen LogP contribution in [0.3, 0.4) is 0 Å². The van der Waals surface area contributed by atoms with E-state index in [2.05, 4.69) is 39.3 Å². The largest absolute Gasteiger partial charge is 0.508 e. The van der Waals surface area contributed by atoms with Crippen LogP contribution in [0.1, 0.15) is 133 Å². The number of aromatic hydroxyl groups is 1. The minimum Gasteiger partial charge on any atom is -0.508 e. The number of hydrogen-bond acceptors (Lipinski definition) is 12. The van der Waals surface area contributed by atoms with Crippen molar-refractivity contribution in [1.29, 1.82) is 0 Å². The first-order valence-electron chi connectivity index (χ1n) is 29.1. The molecule has 0 unspecified atom stereocenters. The molecule has 4 aliphatic rings. The Morgan fingerprint density at radius 1 is 0.272 bits per heavy atom. The number of nitrogens with zero attached hydrogens (tertiary/aromatic N) is 4. The van der Waals surface area contributed by atoms with E-state index < -0.39 is 52.7 Å². The van der Waals surface area contributed by atoms with Crippen molar-refractivity contribution in [3.8, 4) is 40.2 Å². The van der Waals surface area contributed by atoms with Crippen LogP contribution < -0.4 is 33.8 Å². The maximum atomic E-state index is 14.1. The highest BCUT2D eigenvalue weighted by atomic mass is 35.5. The first-order chi connectivity index (χ1) is 44.3. The van der Waals surface area contributed by atoms with E-state index in [1.165, 1.54) is 54.9 Å². The predicted octanol–water partition coefficient (Wildman–Crippen LogP) is 15.5. The van der Waals surface area contributed by atoms with E-state index in [9.17, 15) is 43.5 Å². The van der Waals surface area contributed by atoms with Gasteiger partial charge in [-0.2, -0.15) is 0 Å². The van der Waals surface area contributed by atoms with Crippen LogP contribution in [0.5, 0.6) is 40.2 Å². The zero-order valence-electron chi connectivity index (χ0n) is 50.0. The van der Waals surface area contributed by atoms with Gasteiger partial charge in [-0.15, -0.1) is 11.6 Å². The molecule has 16 nitrogen and oxygen atoms in total. The topological polar surface area (TPSA) is 197 Å². The molecule has 0 saturated carbocycles. The molecule has 92 heavy (non-hydrogen) atoms. The highest BCUT2D eigenvalue weighted by Crippen LogP contribution is 2.42. The van der Waals surface area contributed by atoms with E-state index >= 15 is 0 Å². The molecule has 0 spiro atoms. The molecule has 0 fully saturated rings. The Balaban J connectivity index is 0.00000383. The van der Waals surface area contributed by atoms with Crippen molar-refractivity contribution >= 4 is 81.6 Å². The summed E-state index contributed by atoms with van der Waals surface area (Å²) in [5, 5.41) is 9.78. The summed E-state index contributed by atoms with van der Waals surface area (Å²) in [7, 11) is 0. The van der Waals surface area contributed by atoms with Gasteiger partial charge in [0.15, 0.2) is 0 Å². The standard InChI is InChI=1S/C74H50N4O12.CH3Cl/c1-73(2,42-15-23-50(79)24-16-42)43-17-25-51(26-18-43)88-54-32-35-60-63(40-54)71(86)77(68(60)83)48-11-8-12-49(38-48)78-69(84)61-36-33-56(41-64(61)72(78)87)90-53-29-21-45(22-30-53)74(3,4)44-19-27-52(28-20-44)89-55-31-34-59-62(39-55)70(85)76(67(59)82)47-10-7-9-46(37-47)75-65(80)57-13-5-6-14-58(57)66(75)81;1-2/h5-41,79H,1-4H3;1H3. The first-order valence-corrected chi connectivity index (χ1v) is 29.9. The lowest BCUT2D eigenvalue weighted by Crippen LogP contribution is -2.31. The van der Waals surface area contributed by atoms with Gasteiger partial charge in [-0.25, -0.2) is 19.6 Å². The number of imide groups is 4. The van der Waals surface area contributed by atoms with Gasteiger partial charge >= 0.3 is 0 Å². The Morgan fingerprint density at radius 2 is 0.500 bits per heavy atom. The van der Waals surface area contributed by atoms with Crippen LogP contribution in [0.4, 0.5) is 22.7 Å². The molecule has 14 rings (SSSR count). The van der Waals surface area contributed by atoms with Crippen LogP contribution in [0.15, 0.2) is 224 Å². The summed E-state index contributed by atoms with van der Waals surface area (Å²) in [6.45, 7) is 8.32. The van der Waals surface area contributed by atoms with E-state index in [-0.39, 0.29) is 78.4 Å². The summed E-state index contributed by atoms with van der Waals surface area (Å²) in [4.78, 5) is 114. The summed E-state index contributed by atoms with van der Waals surface area (Å²) in [5.74, 6) is -1.81. The smallest absolute Gasteiger partial charge is 0.266 e. The molecule has 10 aromatic carbocycles. The van der Waals surface area contributed by atoms with Gasteiger partial charge in [0.1, 0.15) is 40.2 Å². The van der Waals surface area contributed by atoms with Gasteiger partial charge in [0.05, 0.1) is 67.3 Å². The number of halogens is 1. The third kappa shape index (κ3) is 10.2. The number of hydrogen-bond donors (Lipinski definition) is 1. The average molecular weight is 1240 g/mol. The van der Waals surface area contributed by atoms with Crippen LogP contribution in [0.2, 0.25) is 0 Å². The predicted molar refractivity (Wildman–Crippen MR) is 347 cm³/mol. The van der Waals surface area contributed by atoms with Crippen molar-refractivity contribution in [2.24, 2.45) is 0 Å². The number of carbonyl (C=O) groups excluding carboxylic acids is 8. The third-order valence-electron chi connectivity index (χ3n) is 17.1. The minimum absolute atomic E-state index is 0.117. The molecule has 452 valence electrons. The molecule has 0 radical (unpaired) electrons. The molecule has 0 saturated heterocycles. The van der Waals surface area contributed by atoms with Crippen LogP contribution in [-0.2, 0) is 10.8 Å². The van der Waals surface area contributed by atoms with E-state index in [0.717, 1.165) is 41.9 Å². The van der Waals surface area contributed by atoms with Crippen LogP contribution in [0.25, 0.3) is 0 Å². The number of phenolic OH excluding ortho intramolecular Hbond substituents is 1. The quantitative estimate of drug-likeness (QED) is 0.0800. The lowest BCUT2D eigenvalue weighted by Gasteiger charge is -2.26. The summed E-state index contributed by atoms with van der Waals surface area (Å²) in [5.41, 5.74) is 5.31. The van der Waals surface area contributed by atoms with E-state index in [1.54, 1.807) is 91.0 Å². The fraction of sp³-hybridized carbons (Fsp3) is 0.0933. The number of amides is 8. The second-order valence-electron chi connectivity index (χ2n) is 23.2. The average Bonchev–Trinajstić information content (AvgIpc) is 1.60. The number of fused-ring (bicyclic) bond motifs is 4. The second kappa shape index (κ2) is 23.0. The molecule has 0 atom stereocenters. The Labute approximate surface area is 532 Å². The molecule has 4 aliphatic heterocycles. The molecule has 0 aliphatic carbocycles. The molecular weight excluding hydrogens is 1180 g/mol. The SMILES string of the molecule is CC(C)(c1ccc(O)cc1)c1ccc(Oc2ccc3c(c2)C(=O)N(c2cccc(N4C(=O)c5ccc(Oc6ccc(C(C)(C)c7ccc(Oc8ccc9c(c8)C(=O)N(c8cccc(N%10C(=O)c%11ccccc%11C%10=O)c8)C9=O)cc7)cc6)cc5C4=O)c2)C3=O)cc1.CCl. The van der Waals surface area contributed by atoms with Crippen LogP contribution >= 0.6 is 11.6 Å². The zero-order valence-corrected chi connectivity index (χ0v) is 50.7. The van der Waals surface area contributed by atoms with E-state index in [0.29, 0.717) is 34.5 Å². The Morgan fingerprint density at radius 3 is 0.772 bits per heavy atom. The minimum atomic E-state index is -0.609. The number of benzene rings is 10. The summed E-state index contributed by atoms with van der Waals surface area (Å²) in [6.07, 6.45) is 1.47. The van der Waals surface area contributed by atoms with Crippen molar-refractivity contribution < 1.29 is 57.7 Å². The summed E-state index contributed by atoms with van der Waals surface area (Å²) >= 11 is 4.64. The Kier molecular flexibility index (Phi) is 14.8. The number of phenols is 1. The fourth-order valence-electron chi connectivity index (χ4n) is 12.0. The van der Waals surface area contributed by atoms with E-state index in [4.69, 9.17) is 14.2 Å². The molecule has 10 aromatic rings. The molecule has 0 bridgehead atoms. The molecule has 4 heterocycles. The van der Waals surface area contributed by atoms with Gasteiger partial charge in [-0.3, -0.25) is 38.4 Å². The summed E-state index contributed by atoms with van der Waals surface area (Å²) in [6, 6.07) is 62.5. The Hall–Kier alpha value is -11.8. The zero-order chi connectivity index (χ0) is 64.5. The summed E-state index contributed by atoms with van der Waals surface area (Å²) < 4.78 is 18.6. The van der Waals surface area contributed by atoms with Crippen LogP contribution in [-0.4, -0.2) is 58.7 Å². The van der Waals surface area contributed by atoms with E-state index in [1.807, 2.05) is 84.9 Å². The maximum absolute atomic E-state index is 14.1. The number of alkyl halides is 1. The Bertz CT molecular complexity index is 4740. The maximum Gasteiger partial charge on any atom is 0.266 e. The lowest BCUT2D eigenvalue weighted by atomic mass is 9.78.